The van der Waals surface area contributed by atoms with E-state index in [4.69, 9.17) is 4.98 Å². The van der Waals surface area contributed by atoms with Crippen molar-refractivity contribution in [3.63, 3.8) is 0 Å². The first-order valence-electron chi connectivity index (χ1n) is 9.44. The van der Waals surface area contributed by atoms with Crippen LogP contribution in [0.5, 0.6) is 0 Å². The van der Waals surface area contributed by atoms with Crippen molar-refractivity contribution in [2.75, 3.05) is 6.54 Å². The highest BCUT2D eigenvalue weighted by Gasteiger charge is 2.14. The van der Waals surface area contributed by atoms with Gasteiger partial charge in [0, 0.05) is 41.5 Å². The van der Waals surface area contributed by atoms with Crippen LogP contribution >= 0.6 is 11.3 Å². The average Bonchev–Trinajstić information content (AvgIpc) is 3.25. The second-order valence-electron chi connectivity index (χ2n) is 6.97. The number of rotatable bonds is 6. The molecule has 4 rings (SSSR count). The first kappa shape index (κ1) is 18.6. The summed E-state index contributed by atoms with van der Waals surface area (Å²) in [5.74, 6) is 0.0523. The van der Waals surface area contributed by atoms with Crippen molar-refractivity contribution in [1.29, 1.82) is 0 Å². The van der Waals surface area contributed by atoms with Gasteiger partial charge < -0.3 is 5.32 Å². The Morgan fingerprint density at radius 3 is 2.75 bits per heavy atom. The highest BCUT2D eigenvalue weighted by molar-refractivity contribution is 7.09. The molecular formula is C21H23N5OS. The molecule has 7 heteroatoms. The number of nitrogens with one attached hydrogen (secondary N) is 1. The van der Waals surface area contributed by atoms with E-state index >= 15 is 0 Å². The second-order valence-corrected chi connectivity index (χ2v) is 8.03. The highest BCUT2D eigenvalue weighted by Crippen LogP contribution is 2.22. The van der Waals surface area contributed by atoms with Crippen LogP contribution in [0.3, 0.4) is 0 Å². The summed E-state index contributed by atoms with van der Waals surface area (Å²) in [6.45, 7) is 6.66. The zero-order valence-corrected chi connectivity index (χ0v) is 17.1. The molecule has 4 aromatic rings. The van der Waals surface area contributed by atoms with Crippen LogP contribution in [-0.2, 0) is 17.6 Å². The van der Waals surface area contributed by atoms with E-state index in [1.54, 1.807) is 11.3 Å². The molecule has 3 heterocycles. The third-order valence-corrected chi connectivity index (χ3v) is 5.81. The number of aromatic nitrogens is 4. The van der Waals surface area contributed by atoms with Gasteiger partial charge in [0.05, 0.1) is 16.2 Å². The molecule has 28 heavy (non-hydrogen) atoms. The van der Waals surface area contributed by atoms with Gasteiger partial charge in [0.1, 0.15) is 0 Å². The van der Waals surface area contributed by atoms with E-state index < -0.39 is 0 Å². The molecule has 0 radical (unpaired) electrons. The molecule has 6 nitrogen and oxygen atoms in total. The molecule has 0 saturated carbocycles. The smallest absolute Gasteiger partial charge is 0.220 e. The molecule has 1 amide bonds. The normalized spacial score (nSPS) is 11.4. The van der Waals surface area contributed by atoms with Crippen molar-refractivity contribution >= 4 is 33.8 Å². The van der Waals surface area contributed by atoms with Gasteiger partial charge in [-0.1, -0.05) is 12.1 Å². The molecule has 0 spiro atoms. The quantitative estimate of drug-likeness (QED) is 0.544. The van der Waals surface area contributed by atoms with Crippen LogP contribution in [-0.4, -0.2) is 32.0 Å². The molecule has 0 aliphatic carbocycles. The number of amides is 1. The Balaban J connectivity index is 1.44. The second kappa shape index (κ2) is 7.67. The molecule has 0 atom stereocenters. The number of aryl methyl sites for hydroxylation is 3. The number of fused-ring (bicyclic) bond motifs is 3. The maximum atomic E-state index is 12.3. The van der Waals surface area contributed by atoms with Gasteiger partial charge in [0.15, 0.2) is 5.65 Å². The van der Waals surface area contributed by atoms with E-state index in [1.807, 2.05) is 54.9 Å². The molecular weight excluding hydrogens is 370 g/mol. The van der Waals surface area contributed by atoms with E-state index in [0.29, 0.717) is 19.4 Å². The van der Waals surface area contributed by atoms with Crippen LogP contribution in [0, 0.1) is 20.8 Å². The Morgan fingerprint density at radius 1 is 1.14 bits per heavy atom. The number of hydrogen-bond donors (Lipinski definition) is 1. The van der Waals surface area contributed by atoms with E-state index in [2.05, 4.69) is 15.4 Å². The summed E-state index contributed by atoms with van der Waals surface area (Å²) >= 11 is 1.64. The van der Waals surface area contributed by atoms with E-state index in [0.717, 1.165) is 50.6 Å². The van der Waals surface area contributed by atoms with E-state index in [9.17, 15) is 4.79 Å². The lowest BCUT2D eigenvalue weighted by Gasteiger charge is -2.11. The van der Waals surface area contributed by atoms with Gasteiger partial charge in [-0.15, -0.1) is 11.3 Å². The maximum Gasteiger partial charge on any atom is 0.220 e. The molecule has 0 saturated heterocycles. The third-order valence-electron chi connectivity index (χ3n) is 4.99. The van der Waals surface area contributed by atoms with Crippen LogP contribution < -0.4 is 5.32 Å². The lowest BCUT2D eigenvalue weighted by molar-refractivity contribution is -0.121. The van der Waals surface area contributed by atoms with E-state index in [-0.39, 0.29) is 5.91 Å². The summed E-state index contributed by atoms with van der Waals surface area (Å²) in [6, 6.07) is 8.02. The number of hydrogen-bond acceptors (Lipinski definition) is 5. The van der Waals surface area contributed by atoms with Crippen LogP contribution in [0.25, 0.3) is 16.6 Å². The zero-order chi connectivity index (χ0) is 19.7. The average molecular weight is 394 g/mol. The monoisotopic (exact) mass is 393 g/mol. The van der Waals surface area contributed by atoms with Crippen molar-refractivity contribution in [2.24, 2.45) is 0 Å². The van der Waals surface area contributed by atoms with Crippen LogP contribution in [0.15, 0.2) is 29.6 Å². The summed E-state index contributed by atoms with van der Waals surface area (Å²) < 4.78 is 1.90. The van der Waals surface area contributed by atoms with Crippen molar-refractivity contribution in [3.8, 4) is 0 Å². The Labute approximate surface area is 167 Å². The van der Waals surface area contributed by atoms with Gasteiger partial charge in [0.25, 0.3) is 0 Å². The van der Waals surface area contributed by atoms with Gasteiger partial charge in [-0.25, -0.2) is 14.5 Å². The first-order valence-corrected chi connectivity index (χ1v) is 10.3. The van der Waals surface area contributed by atoms with Gasteiger partial charge in [0.2, 0.25) is 5.91 Å². The van der Waals surface area contributed by atoms with Crippen LogP contribution in [0.2, 0.25) is 0 Å². The molecule has 0 fully saturated rings. The van der Waals surface area contributed by atoms with Crippen molar-refractivity contribution < 1.29 is 4.79 Å². The van der Waals surface area contributed by atoms with Crippen molar-refractivity contribution in [2.45, 2.75) is 40.0 Å². The fraction of sp³-hybridized carbons (Fsp3) is 0.333. The molecule has 144 valence electrons. The predicted octanol–water partition coefficient (Wildman–Crippen LogP) is 3.56. The number of nitrogens with zero attached hydrogens (tertiary/aromatic N) is 4. The standard InChI is InChI=1S/C21H23N5OS/c1-13-17(8-9-20(27)22-11-10-16-12-28-15(3)24-16)14(2)26-21(23-13)18-6-4-5-7-19(18)25-26/h4-7,12H,8-11H2,1-3H3,(H,22,27). The zero-order valence-electron chi connectivity index (χ0n) is 16.3. The predicted molar refractivity (Wildman–Crippen MR) is 112 cm³/mol. The van der Waals surface area contributed by atoms with Crippen LogP contribution in [0.1, 0.15) is 34.1 Å². The summed E-state index contributed by atoms with van der Waals surface area (Å²) in [5, 5.41) is 11.8. The fourth-order valence-corrected chi connectivity index (χ4v) is 4.17. The number of carbonyl (C=O) groups is 1. The summed E-state index contributed by atoms with van der Waals surface area (Å²) in [7, 11) is 0. The molecule has 0 aliphatic heterocycles. The molecule has 0 bridgehead atoms. The minimum Gasteiger partial charge on any atom is -0.356 e. The molecule has 1 N–H and O–H groups in total. The Kier molecular flexibility index (Phi) is 5.09. The molecule has 0 aliphatic rings. The summed E-state index contributed by atoms with van der Waals surface area (Å²) in [4.78, 5) is 21.5. The minimum absolute atomic E-state index is 0.0523. The third kappa shape index (κ3) is 3.62. The Hall–Kier alpha value is -2.80. The fourth-order valence-electron chi connectivity index (χ4n) is 3.52. The largest absolute Gasteiger partial charge is 0.356 e. The maximum absolute atomic E-state index is 12.3. The van der Waals surface area contributed by atoms with Crippen molar-refractivity contribution in [1.82, 2.24) is 24.9 Å². The lowest BCUT2D eigenvalue weighted by Crippen LogP contribution is -2.26. The van der Waals surface area contributed by atoms with Crippen LogP contribution in [0.4, 0.5) is 0 Å². The van der Waals surface area contributed by atoms with Gasteiger partial charge in [-0.3, -0.25) is 4.79 Å². The number of benzene rings is 1. The van der Waals surface area contributed by atoms with Gasteiger partial charge >= 0.3 is 0 Å². The van der Waals surface area contributed by atoms with E-state index in [1.165, 1.54) is 0 Å². The number of thiazole rings is 1. The number of carbonyl (C=O) groups excluding carboxylic acids is 1. The van der Waals surface area contributed by atoms with Gasteiger partial charge in [-0.05, 0) is 44.9 Å². The highest BCUT2D eigenvalue weighted by atomic mass is 32.1. The molecule has 0 unspecified atom stereocenters. The first-order chi connectivity index (χ1) is 13.5. The minimum atomic E-state index is 0.0523. The SMILES string of the molecule is Cc1nc(CCNC(=O)CCc2c(C)nc3c4ccccc4nn3c2C)cs1. The molecule has 1 aromatic carbocycles. The van der Waals surface area contributed by atoms with Gasteiger partial charge in [-0.2, -0.15) is 5.10 Å². The molecule has 3 aromatic heterocycles. The Bertz CT molecular complexity index is 1160. The Morgan fingerprint density at radius 2 is 1.96 bits per heavy atom. The van der Waals surface area contributed by atoms with Crippen molar-refractivity contribution in [3.05, 3.63) is 57.3 Å². The topological polar surface area (TPSA) is 72.2 Å². The summed E-state index contributed by atoms with van der Waals surface area (Å²) in [6.07, 6.45) is 1.85. The lowest BCUT2D eigenvalue weighted by atomic mass is 10.1. The summed E-state index contributed by atoms with van der Waals surface area (Å²) in [5.41, 5.74) is 5.94.